The van der Waals surface area contributed by atoms with Crippen LogP contribution in [0.1, 0.15) is 41.0 Å². The molecule has 0 aromatic heterocycles. The molecule has 0 amide bonds. The zero-order chi connectivity index (χ0) is 14.9. The molecule has 19 heavy (non-hydrogen) atoms. The summed E-state index contributed by atoms with van der Waals surface area (Å²) in [5.74, 6) is -0.472. The molecule has 5 nitrogen and oxygen atoms in total. The van der Waals surface area contributed by atoms with Crippen molar-refractivity contribution in [1.82, 2.24) is 0 Å². The number of carbonyl (C=O) groups is 1. The van der Waals surface area contributed by atoms with Crippen molar-refractivity contribution in [3.8, 4) is 0 Å². The van der Waals surface area contributed by atoms with Crippen LogP contribution in [0.3, 0.4) is 0 Å². The fourth-order valence-corrected chi connectivity index (χ4v) is 4.26. The van der Waals surface area contributed by atoms with Gasteiger partial charge in [0.1, 0.15) is 0 Å². The maximum absolute atomic E-state index is 11.4. The molecule has 0 heterocycles. The molecule has 0 radical (unpaired) electrons. The number of rotatable bonds is 10. The molecule has 1 unspecified atom stereocenters. The summed E-state index contributed by atoms with van der Waals surface area (Å²) in [4.78, 5) is 11.4. The Labute approximate surface area is 117 Å². The minimum absolute atomic E-state index is 0.339. The lowest BCUT2D eigenvalue weighted by Crippen LogP contribution is -2.48. The lowest BCUT2D eigenvalue weighted by Gasteiger charge is -2.31. The van der Waals surface area contributed by atoms with E-state index in [-0.39, 0.29) is 0 Å². The first-order valence-electron chi connectivity index (χ1n) is 6.73. The second-order valence-corrected chi connectivity index (χ2v) is 6.85. The van der Waals surface area contributed by atoms with Gasteiger partial charge in [-0.1, -0.05) is 19.9 Å². The largest absolute Gasteiger partial charge is 0.503 e. The molecule has 0 spiro atoms. The van der Waals surface area contributed by atoms with Crippen LogP contribution in [0.25, 0.3) is 0 Å². The summed E-state index contributed by atoms with van der Waals surface area (Å²) in [7, 11) is -2.77. The van der Waals surface area contributed by atoms with Crippen LogP contribution in [0.5, 0.6) is 0 Å². The highest BCUT2D eigenvalue weighted by Crippen LogP contribution is 2.20. The third-order valence-electron chi connectivity index (χ3n) is 2.25. The number of hydrogen-bond acceptors (Lipinski definition) is 5. The van der Waals surface area contributed by atoms with Crippen molar-refractivity contribution in [2.24, 2.45) is 0 Å². The number of esters is 1. The molecule has 0 aliphatic rings. The summed E-state index contributed by atoms with van der Waals surface area (Å²) >= 11 is 0. The van der Waals surface area contributed by atoms with E-state index in [2.05, 4.69) is 6.58 Å². The van der Waals surface area contributed by atoms with E-state index in [0.29, 0.717) is 24.8 Å². The van der Waals surface area contributed by atoms with Crippen LogP contribution in [0.4, 0.5) is 0 Å². The molecule has 0 aliphatic heterocycles. The maximum Gasteiger partial charge on any atom is 0.503 e. The van der Waals surface area contributed by atoms with Crippen LogP contribution >= 0.6 is 0 Å². The van der Waals surface area contributed by atoms with Gasteiger partial charge in [0.05, 0.1) is 0 Å². The molecule has 1 atom stereocenters. The summed E-state index contributed by atoms with van der Waals surface area (Å²) < 4.78 is 22.3. The smallest absolute Gasteiger partial charge is 0.434 e. The summed E-state index contributed by atoms with van der Waals surface area (Å²) in [6.07, 6.45) is 0.174. The third kappa shape index (κ3) is 6.86. The quantitative estimate of drug-likeness (QED) is 0.268. The Morgan fingerprint density at radius 2 is 1.74 bits per heavy atom. The summed E-state index contributed by atoms with van der Waals surface area (Å²) in [6.45, 7) is 13.6. The van der Waals surface area contributed by atoms with Gasteiger partial charge in [0.15, 0.2) is 6.29 Å². The standard InChI is InChI=1S/C13H26O5Si/c1-7-10-19(15-8-2,16-9-3)18-12(6)17-13(14)11(4)5/h12H,4,7-10H2,1-3,5-6H3. The minimum atomic E-state index is -2.77. The highest BCUT2D eigenvalue weighted by molar-refractivity contribution is 6.60. The van der Waals surface area contributed by atoms with Gasteiger partial charge in [0, 0.05) is 24.8 Å². The van der Waals surface area contributed by atoms with Crippen LogP contribution < -0.4 is 0 Å². The van der Waals surface area contributed by atoms with Gasteiger partial charge in [0.2, 0.25) is 0 Å². The molecule has 112 valence electrons. The predicted octanol–water partition coefficient (Wildman–Crippen LogP) is 2.89. The molecule has 6 heteroatoms. The Morgan fingerprint density at radius 3 is 2.11 bits per heavy atom. The van der Waals surface area contributed by atoms with Gasteiger partial charge >= 0.3 is 14.8 Å². The van der Waals surface area contributed by atoms with E-state index in [4.69, 9.17) is 18.0 Å². The monoisotopic (exact) mass is 290 g/mol. The fraction of sp³-hybridized carbons (Fsp3) is 0.769. The molecule has 0 N–H and O–H groups in total. The Hall–Kier alpha value is -0.693. The van der Waals surface area contributed by atoms with Gasteiger partial charge in [-0.05, 0) is 27.7 Å². The molecule has 0 saturated carbocycles. The first-order valence-corrected chi connectivity index (χ1v) is 8.66. The lowest BCUT2D eigenvalue weighted by atomic mass is 10.4. The number of carbonyl (C=O) groups excluding carboxylic acids is 1. The molecular weight excluding hydrogens is 264 g/mol. The van der Waals surface area contributed by atoms with Crippen LogP contribution in [0, 0.1) is 0 Å². The zero-order valence-electron chi connectivity index (χ0n) is 12.7. The van der Waals surface area contributed by atoms with E-state index < -0.39 is 21.1 Å². The van der Waals surface area contributed by atoms with Crippen LogP contribution in [-0.2, 0) is 22.8 Å². The molecule has 0 fully saturated rings. The Kier molecular flexibility index (Phi) is 8.91. The van der Waals surface area contributed by atoms with Crippen LogP contribution in [0.15, 0.2) is 12.2 Å². The summed E-state index contributed by atoms with van der Waals surface area (Å²) in [6, 6.07) is 0.698. The van der Waals surface area contributed by atoms with Gasteiger partial charge in [-0.25, -0.2) is 4.79 Å². The van der Waals surface area contributed by atoms with Crippen molar-refractivity contribution in [1.29, 1.82) is 0 Å². The van der Waals surface area contributed by atoms with Gasteiger partial charge in [0.25, 0.3) is 0 Å². The molecule has 0 saturated heterocycles. The van der Waals surface area contributed by atoms with Crippen molar-refractivity contribution >= 4 is 14.8 Å². The van der Waals surface area contributed by atoms with E-state index >= 15 is 0 Å². The zero-order valence-corrected chi connectivity index (χ0v) is 13.7. The van der Waals surface area contributed by atoms with E-state index in [1.165, 1.54) is 0 Å². The molecule has 0 aliphatic carbocycles. The second kappa shape index (κ2) is 9.25. The summed E-state index contributed by atoms with van der Waals surface area (Å²) in [5, 5.41) is 0. The molecule has 0 aromatic rings. The Balaban J connectivity index is 4.68. The SMILES string of the molecule is C=C(C)C(=O)OC(C)O[Si](CCC)(OCC)OCC. The first-order chi connectivity index (χ1) is 8.90. The second-order valence-electron chi connectivity index (χ2n) is 4.17. The van der Waals surface area contributed by atoms with Crippen LogP contribution in [-0.4, -0.2) is 34.3 Å². The predicted molar refractivity (Wildman–Crippen MR) is 75.6 cm³/mol. The molecule has 0 rings (SSSR count). The normalized spacial score (nSPS) is 13.1. The van der Waals surface area contributed by atoms with Crippen molar-refractivity contribution in [3.05, 3.63) is 12.2 Å². The van der Waals surface area contributed by atoms with E-state index in [1.807, 2.05) is 20.8 Å². The van der Waals surface area contributed by atoms with Crippen molar-refractivity contribution in [3.63, 3.8) is 0 Å². The lowest BCUT2D eigenvalue weighted by molar-refractivity contribution is -0.162. The highest BCUT2D eigenvalue weighted by Gasteiger charge is 2.42. The molecular formula is C13H26O5Si. The van der Waals surface area contributed by atoms with Crippen molar-refractivity contribution in [2.45, 2.75) is 53.4 Å². The Bertz CT molecular complexity index is 276. The average molecular weight is 290 g/mol. The minimum Gasteiger partial charge on any atom is -0.434 e. The fourth-order valence-electron chi connectivity index (χ4n) is 1.59. The van der Waals surface area contributed by atoms with Crippen molar-refractivity contribution in [2.75, 3.05) is 13.2 Å². The maximum atomic E-state index is 11.4. The van der Waals surface area contributed by atoms with E-state index in [9.17, 15) is 4.79 Å². The van der Waals surface area contributed by atoms with Gasteiger partial charge < -0.3 is 18.0 Å². The van der Waals surface area contributed by atoms with Crippen molar-refractivity contribution < 1.29 is 22.8 Å². The van der Waals surface area contributed by atoms with Gasteiger partial charge in [-0.2, -0.15) is 0 Å². The van der Waals surface area contributed by atoms with Gasteiger partial charge in [-0.3, -0.25) is 0 Å². The van der Waals surface area contributed by atoms with E-state index in [1.54, 1.807) is 13.8 Å². The van der Waals surface area contributed by atoms with E-state index in [0.717, 1.165) is 6.42 Å². The first kappa shape index (κ1) is 18.3. The highest BCUT2D eigenvalue weighted by atomic mass is 28.4. The molecule has 0 aromatic carbocycles. The number of ether oxygens (including phenoxy) is 1. The third-order valence-corrected chi connectivity index (χ3v) is 5.51. The van der Waals surface area contributed by atoms with Crippen LogP contribution in [0.2, 0.25) is 6.04 Å². The average Bonchev–Trinajstić information content (AvgIpc) is 2.29. The summed E-state index contributed by atoms with van der Waals surface area (Å²) in [5.41, 5.74) is 0.339. The Morgan fingerprint density at radius 1 is 1.21 bits per heavy atom. The number of hydrogen-bond donors (Lipinski definition) is 0. The van der Waals surface area contributed by atoms with Gasteiger partial charge in [-0.15, -0.1) is 0 Å². The molecule has 0 bridgehead atoms. The topological polar surface area (TPSA) is 54.0 Å².